The van der Waals surface area contributed by atoms with Crippen molar-refractivity contribution in [1.29, 1.82) is 0 Å². The van der Waals surface area contributed by atoms with E-state index in [1.807, 2.05) is 6.07 Å². The highest BCUT2D eigenvalue weighted by Gasteiger charge is 2.09. The van der Waals surface area contributed by atoms with Crippen LogP contribution < -0.4 is 0 Å². The molecule has 0 unspecified atom stereocenters. The molecule has 3 rings (SSSR count). The van der Waals surface area contributed by atoms with Crippen molar-refractivity contribution in [2.45, 2.75) is 13.8 Å². The Kier molecular flexibility index (Phi) is 3.98. The zero-order chi connectivity index (χ0) is 16.4. The molecular weight excluding hydrogens is 284 g/mol. The van der Waals surface area contributed by atoms with Crippen LogP contribution in [0.5, 0.6) is 5.75 Å². The van der Waals surface area contributed by atoms with E-state index in [-0.39, 0.29) is 5.75 Å². The first-order valence-electron chi connectivity index (χ1n) is 7.55. The molecule has 2 nitrogen and oxygen atoms in total. The summed E-state index contributed by atoms with van der Waals surface area (Å²) in [5, 5.41) is 9.53. The van der Waals surface area contributed by atoms with E-state index in [0.29, 0.717) is 5.56 Å². The third-order valence-electron chi connectivity index (χ3n) is 4.03. The van der Waals surface area contributed by atoms with E-state index in [1.54, 1.807) is 12.1 Å². The van der Waals surface area contributed by atoms with E-state index < -0.39 is 0 Å². The molecule has 0 saturated heterocycles. The first kappa shape index (κ1) is 15.0. The minimum Gasteiger partial charge on any atom is -0.508 e. The quantitative estimate of drug-likeness (QED) is 0.679. The van der Waals surface area contributed by atoms with Crippen molar-refractivity contribution in [1.82, 2.24) is 0 Å². The number of phenols is 1. The van der Waals surface area contributed by atoms with Crippen molar-refractivity contribution in [2.75, 3.05) is 0 Å². The molecule has 3 aromatic carbocycles. The lowest BCUT2D eigenvalue weighted by Gasteiger charge is -2.11. The molecule has 23 heavy (non-hydrogen) atoms. The van der Waals surface area contributed by atoms with E-state index in [2.05, 4.69) is 50.2 Å². The summed E-state index contributed by atoms with van der Waals surface area (Å²) < 4.78 is 0. The molecule has 0 aromatic heterocycles. The van der Waals surface area contributed by atoms with Crippen molar-refractivity contribution in [3.63, 3.8) is 0 Å². The van der Waals surface area contributed by atoms with Crippen LogP contribution in [0.25, 0.3) is 22.3 Å². The van der Waals surface area contributed by atoms with Gasteiger partial charge in [-0.15, -0.1) is 0 Å². The lowest BCUT2D eigenvalue weighted by Crippen LogP contribution is -1.90. The number of aryl methyl sites for hydroxylation is 2. The Morgan fingerprint density at radius 1 is 0.826 bits per heavy atom. The zero-order valence-electron chi connectivity index (χ0n) is 13.2. The first-order chi connectivity index (χ1) is 11.1. The predicted octanol–water partition coefficient (Wildman–Crippen LogP) is 5.16. The number of rotatable bonds is 3. The van der Waals surface area contributed by atoms with Gasteiger partial charge < -0.3 is 5.11 Å². The van der Waals surface area contributed by atoms with Crippen LogP contribution >= 0.6 is 0 Å². The van der Waals surface area contributed by atoms with Crippen molar-refractivity contribution < 1.29 is 9.90 Å². The van der Waals surface area contributed by atoms with Gasteiger partial charge >= 0.3 is 0 Å². The van der Waals surface area contributed by atoms with Crippen LogP contribution in [0, 0.1) is 13.8 Å². The lowest BCUT2D eigenvalue weighted by atomic mass is 9.93. The summed E-state index contributed by atoms with van der Waals surface area (Å²) in [6.45, 7) is 4.15. The monoisotopic (exact) mass is 302 g/mol. The van der Waals surface area contributed by atoms with Crippen LogP contribution in [0.4, 0.5) is 0 Å². The summed E-state index contributed by atoms with van der Waals surface area (Å²) in [4.78, 5) is 11.3. The minimum absolute atomic E-state index is 0.101. The third kappa shape index (κ3) is 3.02. The second kappa shape index (κ2) is 6.09. The number of carbonyl (C=O) groups excluding carboxylic acids is 1. The summed E-state index contributed by atoms with van der Waals surface area (Å²) in [6.07, 6.45) is 0.777. The molecule has 0 atom stereocenters. The van der Waals surface area contributed by atoms with Gasteiger partial charge in [0, 0.05) is 5.56 Å². The maximum absolute atomic E-state index is 11.3. The highest BCUT2D eigenvalue weighted by atomic mass is 16.3. The fraction of sp³-hybridized carbons (Fsp3) is 0.0952. The molecule has 0 spiro atoms. The van der Waals surface area contributed by atoms with E-state index in [4.69, 9.17) is 0 Å². The van der Waals surface area contributed by atoms with Gasteiger partial charge in [-0.25, -0.2) is 0 Å². The molecule has 0 heterocycles. The Hall–Kier alpha value is -2.87. The van der Waals surface area contributed by atoms with Gasteiger partial charge in [-0.05, 0) is 59.9 Å². The molecule has 0 radical (unpaired) electrons. The summed E-state index contributed by atoms with van der Waals surface area (Å²) in [5.41, 5.74) is 7.05. The molecule has 114 valence electrons. The van der Waals surface area contributed by atoms with Gasteiger partial charge in [0.2, 0.25) is 0 Å². The molecule has 0 saturated carbocycles. The Balaban J connectivity index is 2.08. The molecule has 0 aliphatic rings. The van der Waals surface area contributed by atoms with Gasteiger partial charge in [0.15, 0.2) is 6.29 Å². The van der Waals surface area contributed by atoms with Gasteiger partial charge in [-0.1, -0.05) is 48.0 Å². The van der Waals surface area contributed by atoms with E-state index in [9.17, 15) is 9.90 Å². The highest BCUT2D eigenvalue weighted by molar-refractivity contribution is 5.89. The Morgan fingerprint density at radius 3 is 2.26 bits per heavy atom. The minimum atomic E-state index is 0.101. The molecule has 2 heteroatoms. The van der Waals surface area contributed by atoms with Crippen molar-refractivity contribution in [3.05, 3.63) is 77.4 Å². The normalized spacial score (nSPS) is 10.5. The largest absolute Gasteiger partial charge is 0.508 e. The predicted molar refractivity (Wildman–Crippen MR) is 93.8 cm³/mol. The average molecular weight is 302 g/mol. The van der Waals surface area contributed by atoms with Crippen LogP contribution in [0.2, 0.25) is 0 Å². The van der Waals surface area contributed by atoms with Crippen LogP contribution in [0.3, 0.4) is 0 Å². The third-order valence-corrected chi connectivity index (χ3v) is 4.03. The van der Waals surface area contributed by atoms with Crippen molar-refractivity contribution in [2.24, 2.45) is 0 Å². The molecule has 1 N–H and O–H groups in total. The standard InChI is InChI=1S/C21H18O2/c1-14-4-3-5-16(10-14)20-8-6-17(11-15(20)2)21-9-7-19(23)12-18(21)13-22/h3-13,23H,1-2H3. The molecule has 0 aliphatic heterocycles. The first-order valence-corrected chi connectivity index (χ1v) is 7.55. The van der Waals surface area contributed by atoms with Crippen molar-refractivity contribution in [3.8, 4) is 28.0 Å². The fourth-order valence-electron chi connectivity index (χ4n) is 2.88. The number of phenolic OH excluding ortho intramolecular Hbond substituents is 1. The molecular formula is C21H18O2. The van der Waals surface area contributed by atoms with Crippen molar-refractivity contribution >= 4 is 6.29 Å². The van der Waals surface area contributed by atoms with E-state index in [1.165, 1.54) is 22.8 Å². The molecule has 0 fully saturated rings. The van der Waals surface area contributed by atoms with Gasteiger partial charge in [-0.2, -0.15) is 0 Å². The van der Waals surface area contributed by atoms with Crippen LogP contribution in [-0.4, -0.2) is 11.4 Å². The highest BCUT2D eigenvalue weighted by Crippen LogP contribution is 2.31. The van der Waals surface area contributed by atoms with E-state index in [0.717, 1.165) is 23.0 Å². The maximum atomic E-state index is 11.3. The Bertz CT molecular complexity index is 879. The topological polar surface area (TPSA) is 37.3 Å². The number of aromatic hydroxyl groups is 1. The van der Waals surface area contributed by atoms with Gasteiger partial charge in [-0.3, -0.25) is 4.79 Å². The molecule has 0 bridgehead atoms. The SMILES string of the molecule is Cc1cccc(-c2ccc(-c3ccc(O)cc3C=O)cc2C)c1. The smallest absolute Gasteiger partial charge is 0.150 e. The summed E-state index contributed by atoms with van der Waals surface area (Å²) in [7, 11) is 0. The maximum Gasteiger partial charge on any atom is 0.150 e. The second-order valence-corrected chi connectivity index (χ2v) is 5.79. The summed E-state index contributed by atoms with van der Waals surface area (Å²) in [5.74, 6) is 0.101. The van der Waals surface area contributed by atoms with Gasteiger partial charge in [0.25, 0.3) is 0 Å². The average Bonchev–Trinajstić information content (AvgIpc) is 2.54. The fourth-order valence-corrected chi connectivity index (χ4v) is 2.88. The molecule has 0 amide bonds. The lowest BCUT2D eigenvalue weighted by molar-refractivity contribution is 0.112. The number of hydrogen-bond donors (Lipinski definition) is 1. The van der Waals surface area contributed by atoms with Gasteiger partial charge in [0.1, 0.15) is 5.75 Å². The zero-order valence-corrected chi connectivity index (χ0v) is 13.2. The number of carbonyl (C=O) groups is 1. The second-order valence-electron chi connectivity index (χ2n) is 5.79. The molecule has 3 aromatic rings. The van der Waals surface area contributed by atoms with Crippen LogP contribution in [0.1, 0.15) is 21.5 Å². The summed E-state index contributed by atoms with van der Waals surface area (Å²) >= 11 is 0. The Labute approximate surface area is 136 Å². The number of aldehydes is 1. The number of benzene rings is 3. The van der Waals surface area contributed by atoms with Crippen LogP contribution in [0.15, 0.2) is 60.7 Å². The number of hydrogen-bond acceptors (Lipinski definition) is 2. The Morgan fingerprint density at radius 2 is 1.57 bits per heavy atom. The molecule has 0 aliphatic carbocycles. The van der Waals surface area contributed by atoms with Gasteiger partial charge in [0.05, 0.1) is 0 Å². The van der Waals surface area contributed by atoms with Crippen LogP contribution in [-0.2, 0) is 0 Å². The summed E-state index contributed by atoms with van der Waals surface area (Å²) in [6, 6.07) is 19.5. The van der Waals surface area contributed by atoms with E-state index >= 15 is 0 Å².